The van der Waals surface area contributed by atoms with E-state index in [0.29, 0.717) is 6.54 Å². The summed E-state index contributed by atoms with van der Waals surface area (Å²) in [6.45, 7) is 4.25. The van der Waals surface area contributed by atoms with Crippen molar-refractivity contribution in [3.63, 3.8) is 0 Å². The van der Waals surface area contributed by atoms with Crippen molar-refractivity contribution in [3.05, 3.63) is 52.5 Å². The predicted octanol–water partition coefficient (Wildman–Crippen LogP) is 2.48. The van der Waals surface area contributed by atoms with Crippen molar-refractivity contribution in [2.24, 2.45) is 0 Å². The van der Waals surface area contributed by atoms with Crippen molar-refractivity contribution in [1.82, 2.24) is 14.8 Å². The number of nitrogens with zero attached hydrogens (tertiary/aromatic N) is 3. The van der Waals surface area contributed by atoms with Crippen molar-refractivity contribution < 1.29 is 14.3 Å². The van der Waals surface area contributed by atoms with Gasteiger partial charge >= 0.3 is 0 Å². The second-order valence-electron chi connectivity index (χ2n) is 6.66. The zero-order chi connectivity index (χ0) is 18.7. The maximum absolute atomic E-state index is 13.1. The molecule has 1 aromatic carbocycles. The number of likely N-dealkylation sites (N-methyl/N-ethyl adjacent to an activating group) is 1. The molecule has 0 radical (unpaired) electrons. The SMILES string of the molecule is CC(C)N1C(=O)CO[C@H](C(=O)N(C)Cc2cscn2)[C@H]1c1ccccc1. The highest BCUT2D eigenvalue weighted by Crippen LogP contribution is 2.33. The highest BCUT2D eigenvalue weighted by atomic mass is 32.1. The number of aromatic nitrogens is 1. The third kappa shape index (κ3) is 3.78. The van der Waals surface area contributed by atoms with E-state index >= 15 is 0 Å². The minimum atomic E-state index is -0.735. The first kappa shape index (κ1) is 18.5. The standard InChI is InChI=1S/C19H23N3O3S/c1-13(2)22-16(23)10-25-18(17(22)14-7-5-4-6-8-14)19(24)21(3)9-15-11-26-12-20-15/h4-8,11-13,17-18H,9-10H2,1-3H3/t17-,18+/m1/s1. The summed E-state index contributed by atoms with van der Waals surface area (Å²) in [7, 11) is 1.74. The largest absolute Gasteiger partial charge is 0.356 e. The van der Waals surface area contributed by atoms with Crippen LogP contribution in [0.1, 0.15) is 31.1 Å². The lowest BCUT2D eigenvalue weighted by atomic mass is 9.95. The highest BCUT2D eigenvalue weighted by molar-refractivity contribution is 7.07. The van der Waals surface area contributed by atoms with Crippen LogP contribution in [0.25, 0.3) is 0 Å². The molecule has 2 atom stereocenters. The molecule has 6 nitrogen and oxygen atoms in total. The fourth-order valence-electron chi connectivity index (χ4n) is 3.28. The molecule has 1 saturated heterocycles. The summed E-state index contributed by atoms with van der Waals surface area (Å²) >= 11 is 1.50. The molecule has 0 aliphatic carbocycles. The Morgan fingerprint density at radius 2 is 2.12 bits per heavy atom. The van der Waals surface area contributed by atoms with Crippen molar-refractivity contribution in [3.8, 4) is 0 Å². The molecule has 0 spiro atoms. The number of morpholine rings is 1. The van der Waals surface area contributed by atoms with Gasteiger partial charge in [0, 0.05) is 18.5 Å². The summed E-state index contributed by atoms with van der Waals surface area (Å²) in [4.78, 5) is 33.2. The predicted molar refractivity (Wildman–Crippen MR) is 99.5 cm³/mol. The maximum Gasteiger partial charge on any atom is 0.254 e. The molecular formula is C19H23N3O3S. The number of ether oxygens (including phenoxy) is 1. The van der Waals surface area contributed by atoms with Crippen molar-refractivity contribution >= 4 is 23.2 Å². The molecule has 0 unspecified atom stereocenters. The first-order valence-corrected chi connectivity index (χ1v) is 9.53. The van der Waals surface area contributed by atoms with Gasteiger partial charge in [-0.3, -0.25) is 9.59 Å². The Balaban J connectivity index is 1.89. The van der Waals surface area contributed by atoms with Crippen LogP contribution >= 0.6 is 11.3 Å². The van der Waals surface area contributed by atoms with Gasteiger partial charge in [-0.2, -0.15) is 0 Å². The zero-order valence-corrected chi connectivity index (χ0v) is 16.0. The van der Waals surface area contributed by atoms with Gasteiger partial charge in [0.05, 0.1) is 23.8 Å². The number of hydrogen-bond acceptors (Lipinski definition) is 5. The molecule has 1 aromatic heterocycles. The molecule has 138 valence electrons. The molecule has 0 bridgehead atoms. The van der Waals surface area contributed by atoms with Gasteiger partial charge in [0.1, 0.15) is 6.61 Å². The summed E-state index contributed by atoms with van der Waals surface area (Å²) in [5.74, 6) is -0.245. The third-order valence-corrected chi connectivity index (χ3v) is 5.10. The van der Waals surface area contributed by atoms with Crippen LogP contribution in [0.3, 0.4) is 0 Å². The minimum absolute atomic E-state index is 0.0317. The molecule has 26 heavy (non-hydrogen) atoms. The Morgan fingerprint density at radius 1 is 1.38 bits per heavy atom. The molecule has 2 heterocycles. The first-order valence-electron chi connectivity index (χ1n) is 8.58. The maximum atomic E-state index is 13.1. The molecule has 2 aromatic rings. The molecule has 0 N–H and O–H groups in total. The number of carbonyl (C=O) groups excluding carboxylic acids is 2. The second-order valence-corrected chi connectivity index (χ2v) is 7.37. The Hall–Kier alpha value is -2.25. The number of thiazole rings is 1. The third-order valence-electron chi connectivity index (χ3n) is 4.46. The van der Waals surface area contributed by atoms with Crippen LogP contribution in [0.4, 0.5) is 0 Å². The minimum Gasteiger partial charge on any atom is -0.356 e. The normalized spacial score (nSPS) is 20.5. The van der Waals surface area contributed by atoms with E-state index in [2.05, 4.69) is 4.98 Å². The van der Waals surface area contributed by atoms with Crippen LogP contribution in [-0.4, -0.2) is 52.4 Å². The lowest BCUT2D eigenvalue weighted by molar-refractivity contribution is -0.171. The second kappa shape index (κ2) is 7.97. The van der Waals surface area contributed by atoms with Gasteiger partial charge in [0.25, 0.3) is 5.91 Å². The van der Waals surface area contributed by atoms with Gasteiger partial charge in [-0.25, -0.2) is 4.98 Å². The summed E-state index contributed by atoms with van der Waals surface area (Å²) in [5, 5.41) is 1.92. The van der Waals surface area contributed by atoms with Crippen LogP contribution < -0.4 is 0 Å². The number of benzene rings is 1. The van der Waals surface area contributed by atoms with E-state index in [1.807, 2.05) is 49.6 Å². The van der Waals surface area contributed by atoms with E-state index in [1.54, 1.807) is 22.4 Å². The lowest BCUT2D eigenvalue weighted by Gasteiger charge is -2.43. The smallest absolute Gasteiger partial charge is 0.254 e. The van der Waals surface area contributed by atoms with Gasteiger partial charge in [-0.05, 0) is 19.4 Å². The highest BCUT2D eigenvalue weighted by Gasteiger charge is 2.43. The Labute approximate surface area is 157 Å². The van der Waals surface area contributed by atoms with Crippen molar-refractivity contribution in [2.75, 3.05) is 13.7 Å². The topological polar surface area (TPSA) is 62.7 Å². The van der Waals surface area contributed by atoms with Gasteiger partial charge in [-0.1, -0.05) is 30.3 Å². The van der Waals surface area contributed by atoms with E-state index in [0.717, 1.165) is 11.3 Å². The van der Waals surface area contributed by atoms with Crippen LogP contribution in [0.15, 0.2) is 41.2 Å². The van der Waals surface area contributed by atoms with Crippen LogP contribution in [0.5, 0.6) is 0 Å². The molecule has 3 rings (SSSR count). The fourth-order valence-corrected chi connectivity index (χ4v) is 3.83. The van der Waals surface area contributed by atoms with Crippen LogP contribution in [-0.2, 0) is 20.9 Å². The van der Waals surface area contributed by atoms with E-state index < -0.39 is 12.1 Å². The van der Waals surface area contributed by atoms with Crippen molar-refractivity contribution in [2.45, 2.75) is 38.6 Å². The molecule has 2 amide bonds. The van der Waals surface area contributed by atoms with Gasteiger partial charge in [0.15, 0.2) is 6.10 Å². The number of carbonyl (C=O) groups is 2. The van der Waals surface area contributed by atoms with Crippen LogP contribution in [0.2, 0.25) is 0 Å². The summed E-state index contributed by atoms with van der Waals surface area (Å²) < 4.78 is 5.74. The van der Waals surface area contributed by atoms with E-state index in [9.17, 15) is 9.59 Å². The Morgan fingerprint density at radius 3 is 2.73 bits per heavy atom. The number of hydrogen-bond donors (Lipinski definition) is 0. The molecular weight excluding hydrogens is 350 g/mol. The van der Waals surface area contributed by atoms with Gasteiger partial charge < -0.3 is 14.5 Å². The number of rotatable bonds is 5. The average Bonchev–Trinajstić information content (AvgIpc) is 3.14. The Bertz CT molecular complexity index is 749. The molecule has 7 heteroatoms. The first-order chi connectivity index (χ1) is 12.5. The quantitative estimate of drug-likeness (QED) is 0.808. The molecule has 1 fully saturated rings. The summed E-state index contributed by atoms with van der Waals surface area (Å²) in [6, 6.07) is 9.13. The molecule has 1 aliphatic heterocycles. The fraction of sp³-hybridized carbons (Fsp3) is 0.421. The van der Waals surface area contributed by atoms with E-state index in [-0.39, 0.29) is 24.5 Å². The number of amides is 2. The Kier molecular flexibility index (Phi) is 5.68. The van der Waals surface area contributed by atoms with Gasteiger partial charge in [-0.15, -0.1) is 11.3 Å². The monoisotopic (exact) mass is 373 g/mol. The van der Waals surface area contributed by atoms with E-state index in [1.165, 1.54) is 11.3 Å². The lowest BCUT2D eigenvalue weighted by Crippen LogP contribution is -2.56. The summed E-state index contributed by atoms with van der Waals surface area (Å²) in [6.07, 6.45) is -0.735. The molecule has 1 aliphatic rings. The van der Waals surface area contributed by atoms with Crippen LogP contribution in [0, 0.1) is 0 Å². The van der Waals surface area contributed by atoms with Gasteiger partial charge in [0.2, 0.25) is 5.91 Å². The zero-order valence-electron chi connectivity index (χ0n) is 15.2. The summed E-state index contributed by atoms with van der Waals surface area (Å²) in [5.41, 5.74) is 3.49. The van der Waals surface area contributed by atoms with E-state index in [4.69, 9.17) is 4.74 Å². The average molecular weight is 373 g/mol. The van der Waals surface area contributed by atoms with Crippen molar-refractivity contribution in [1.29, 1.82) is 0 Å². The molecule has 0 saturated carbocycles.